The van der Waals surface area contributed by atoms with Crippen molar-refractivity contribution in [3.63, 3.8) is 0 Å². The fourth-order valence-electron chi connectivity index (χ4n) is 4.46. The Morgan fingerprint density at radius 2 is 1.75 bits per heavy atom. The molecule has 0 unspecified atom stereocenters. The van der Waals surface area contributed by atoms with E-state index in [9.17, 15) is 22.4 Å². The summed E-state index contributed by atoms with van der Waals surface area (Å²) >= 11 is 0. The fourth-order valence-corrected chi connectivity index (χ4v) is 4.46. The Balaban J connectivity index is 1.30. The van der Waals surface area contributed by atoms with E-state index < -0.39 is 11.7 Å². The van der Waals surface area contributed by atoms with E-state index in [2.05, 4.69) is 20.3 Å². The SMILES string of the molecule is Cc1cc(N2CCC(C(=O)Nc3cccc(C(F)(F)F)c3)CC2)n2nc(-c3ccc(F)cc3)cc2n1. The quantitative estimate of drug-likeness (QED) is 0.367. The van der Waals surface area contributed by atoms with Gasteiger partial charge in [0.05, 0.1) is 11.3 Å². The molecule has 36 heavy (non-hydrogen) atoms. The number of piperidine rings is 1. The maximum absolute atomic E-state index is 13.3. The molecule has 1 fully saturated rings. The first-order chi connectivity index (χ1) is 17.2. The molecule has 0 saturated carbocycles. The Labute approximate surface area is 204 Å². The summed E-state index contributed by atoms with van der Waals surface area (Å²) in [6.45, 7) is 3.04. The van der Waals surface area contributed by atoms with Gasteiger partial charge in [0, 0.05) is 48.1 Å². The molecule has 0 radical (unpaired) electrons. The number of carbonyl (C=O) groups is 1. The zero-order valence-corrected chi connectivity index (χ0v) is 19.4. The van der Waals surface area contributed by atoms with Crippen molar-refractivity contribution in [2.75, 3.05) is 23.3 Å². The van der Waals surface area contributed by atoms with Crippen molar-refractivity contribution in [2.24, 2.45) is 5.92 Å². The van der Waals surface area contributed by atoms with Crippen molar-refractivity contribution in [1.82, 2.24) is 14.6 Å². The Morgan fingerprint density at radius 3 is 2.44 bits per heavy atom. The number of nitrogens with one attached hydrogen (secondary N) is 1. The number of hydrogen-bond acceptors (Lipinski definition) is 4. The van der Waals surface area contributed by atoms with E-state index in [1.54, 1.807) is 16.6 Å². The second kappa shape index (κ2) is 9.25. The average molecular weight is 497 g/mol. The van der Waals surface area contributed by atoms with Crippen LogP contribution in [0.5, 0.6) is 0 Å². The Hall–Kier alpha value is -3.95. The highest BCUT2D eigenvalue weighted by Gasteiger charge is 2.31. The van der Waals surface area contributed by atoms with Crippen LogP contribution in [0.15, 0.2) is 60.7 Å². The van der Waals surface area contributed by atoms with E-state index in [4.69, 9.17) is 0 Å². The third-order valence-electron chi connectivity index (χ3n) is 6.32. The maximum atomic E-state index is 13.3. The van der Waals surface area contributed by atoms with Gasteiger partial charge in [0.25, 0.3) is 0 Å². The number of amides is 1. The molecule has 1 amide bonds. The van der Waals surface area contributed by atoms with Crippen molar-refractivity contribution in [2.45, 2.75) is 25.9 Å². The Morgan fingerprint density at radius 1 is 1.03 bits per heavy atom. The molecule has 1 N–H and O–H groups in total. The smallest absolute Gasteiger partial charge is 0.356 e. The van der Waals surface area contributed by atoms with Crippen LogP contribution in [0.25, 0.3) is 16.9 Å². The molecular formula is C26H23F4N5O. The molecule has 3 heterocycles. The summed E-state index contributed by atoms with van der Waals surface area (Å²) in [5.41, 5.74) is 2.25. The van der Waals surface area contributed by atoms with Crippen LogP contribution in [-0.2, 0) is 11.0 Å². The number of halogens is 4. The first-order valence-corrected chi connectivity index (χ1v) is 11.5. The van der Waals surface area contributed by atoms with Gasteiger partial charge in [-0.25, -0.2) is 9.37 Å². The molecule has 5 rings (SSSR count). The highest BCUT2D eigenvalue weighted by Crippen LogP contribution is 2.31. The van der Waals surface area contributed by atoms with Gasteiger partial charge in [0.1, 0.15) is 11.6 Å². The molecule has 4 aromatic rings. The molecule has 2 aromatic heterocycles. The van der Waals surface area contributed by atoms with Gasteiger partial charge in [-0.05, 0) is 62.2 Å². The fraction of sp³-hybridized carbons (Fsp3) is 0.269. The zero-order chi connectivity index (χ0) is 25.4. The molecule has 186 valence electrons. The molecule has 2 aromatic carbocycles. The van der Waals surface area contributed by atoms with Gasteiger partial charge < -0.3 is 10.2 Å². The lowest BCUT2D eigenvalue weighted by atomic mass is 9.95. The van der Waals surface area contributed by atoms with Crippen LogP contribution in [0.3, 0.4) is 0 Å². The number of rotatable bonds is 4. The predicted molar refractivity (Wildman–Crippen MR) is 128 cm³/mol. The van der Waals surface area contributed by atoms with E-state index in [0.29, 0.717) is 37.3 Å². The predicted octanol–water partition coefficient (Wildman–Crippen LogP) is 5.72. The van der Waals surface area contributed by atoms with Crippen molar-refractivity contribution in [3.8, 4) is 11.3 Å². The normalized spacial score (nSPS) is 14.9. The van der Waals surface area contributed by atoms with Crippen LogP contribution in [0, 0.1) is 18.7 Å². The Kier molecular flexibility index (Phi) is 6.11. The largest absolute Gasteiger partial charge is 0.416 e. The summed E-state index contributed by atoms with van der Waals surface area (Å²) < 4.78 is 54.0. The first-order valence-electron chi connectivity index (χ1n) is 11.5. The first kappa shape index (κ1) is 23.8. The number of anilines is 2. The zero-order valence-electron chi connectivity index (χ0n) is 19.4. The third kappa shape index (κ3) is 4.89. The van der Waals surface area contributed by atoms with E-state index in [1.165, 1.54) is 24.3 Å². The lowest BCUT2D eigenvalue weighted by Crippen LogP contribution is -2.39. The van der Waals surface area contributed by atoms with Gasteiger partial charge in [-0.3, -0.25) is 4.79 Å². The van der Waals surface area contributed by atoms with E-state index in [0.717, 1.165) is 29.2 Å². The van der Waals surface area contributed by atoms with E-state index in [-0.39, 0.29) is 23.3 Å². The van der Waals surface area contributed by atoms with Crippen LogP contribution in [0.2, 0.25) is 0 Å². The second-order valence-electron chi connectivity index (χ2n) is 8.89. The number of hydrogen-bond donors (Lipinski definition) is 1. The summed E-state index contributed by atoms with van der Waals surface area (Å²) in [6, 6.07) is 14.5. The molecule has 1 aliphatic rings. The molecule has 0 aliphatic carbocycles. The monoisotopic (exact) mass is 497 g/mol. The van der Waals surface area contributed by atoms with Crippen molar-refractivity contribution < 1.29 is 22.4 Å². The summed E-state index contributed by atoms with van der Waals surface area (Å²) in [5.74, 6) is -0.0935. The highest BCUT2D eigenvalue weighted by molar-refractivity contribution is 5.92. The van der Waals surface area contributed by atoms with Gasteiger partial charge >= 0.3 is 6.18 Å². The van der Waals surface area contributed by atoms with Crippen LogP contribution in [0.4, 0.5) is 29.1 Å². The molecule has 0 spiro atoms. The standard InChI is InChI=1S/C26H23F4N5O/c1-16-13-24(35-23(31-16)15-22(33-35)17-5-7-20(27)8-6-17)34-11-9-18(10-12-34)25(36)32-21-4-2-3-19(14-21)26(28,29)30/h2-8,13-15,18H,9-12H2,1H3,(H,32,36). The van der Waals surface area contributed by atoms with Gasteiger partial charge in [0.15, 0.2) is 5.65 Å². The summed E-state index contributed by atoms with van der Waals surface area (Å²) in [4.78, 5) is 19.4. The molecule has 1 saturated heterocycles. The summed E-state index contributed by atoms with van der Waals surface area (Å²) in [5, 5.41) is 7.32. The number of carbonyl (C=O) groups excluding carboxylic acids is 1. The average Bonchev–Trinajstić information content (AvgIpc) is 3.27. The van der Waals surface area contributed by atoms with E-state index >= 15 is 0 Å². The van der Waals surface area contributed by atoms with Crippen molar-refractivity contribution in [1.29, 1.82) is 0 Å². The number of alkyl halides is 3. The van der Waals surface area contributed by atoms with Crippen LogP contribution in [-0.4, -0.2) is 33.6 Å². The second-order valence-corrected chi connectivity index (χ2v) is 8.89. The van der Waals surface area contributed by atoms with Crippen LogP contribution >= 0.6 is 0 Å². The summed E-state index contributed by atoms with van der Waals surface area (Å²) in [6.07, 6.45) is -3.39. The minimum absolute atomic E-state index is 0.133. The third-order valence-corrected chi connectivity index (χ3v) is 6.32. The topological polar surface area (TPSA) is 62.5 Å². The van der Waals surface area contributed by atoms with Crippen molar-refractivity contribution in [3.05, 3.63) is 77.7 Å². The van der Waals surface area contributed by atoms with Crippen LogP contribution < -0.4 is 10.2 Å². The number of benzene rings is 2. The van der Waals surface area contributed by atoms with E-state index in [1.807, 2.05) is 19.1 Å². The molecule has 0 bridgehead atoms. The lowest BCUT2D eigenvalue weighted by molar-refractivity contribution is -0.137. The number of aryl methyl sites for hydroxylation is 1. The molecule has 0 atom stereocenters. The molecule has 1 aliphatic heterocycles. The number of fused-ring (bicyclic) bond motifs is 1. The minimum atomic E-state index is -4.47. The van der Waals surface area contributed by atoms with Gasteiger partial charge in [-0.2, -0.15) is 22.8 Å². The molecule has 10 heteroatoms. The molecule has 6 nitrogen and oxygen atoms in total. The summed E-state index contributed by atoms with van der Waals surface area (Å²) in [7, 11) is 0. The minimum Gasteiger partial charge on any atom is -0.356 e. The lowest BCUT2D eigenvalue weighted by Gasteiger charge is -2.33. The number of nitrogens with zero attached hydrogens (tertiary/aromatic N) is 4. The van der Waals surface area contributed by atoms with Gasteiger partial charge in [-0.1, -0.05) is 6.07 Å². The maximum Gasteiger partial charge on any atom is 0.416 e. The molecular weight excluding hydrogens is 474 g/mol. The van der Waals surface area contributed by atoms with Gasteiger partial charge in [-0.15, -0.1) is 0 Å². The highest BCUT2D eigenvalue weighted by atomic mass is 19.4. The van der Waals surface area contributed by atoms with Crippen LogP contribution in [0.1, 0.15) is 24.1 Å². The number of aromatic nitrogens is 3. The Bertz CT molecular complexity index is 1410. The van der Waals surface area contributed by atoms with Gasteiger partial charge in [0.2, 0.25) is 5.91 Å². The van der Waals surface area contributed by atoms with Crippen molar-refractivity contribution >= 4 is 23.1 Å².